The molecular weight excluding hydrogens is 328 g/mol. The first-order valence-corrected chi connectivity index (χ1v) is 4.80. The Kier molecular flexibility index (Phi) is 4.48. The van der Waals surface area contributed by atoms with Crippen molar-refractivity contribution in [3.63, 3.8) is 0 Å². The number of carbonyl (C=O) groups excluding carboxylic acids is 2. The molecule has 0 aromatic heterocycles. The zero-order valence-electron chi connectivity index (χ0n) is 9.43. The first-order chi connectivity index (χ1) is 9.27. The molecule has 0 bridgehead atoms. The summed E-state index contributed by atoms with van der Waals surface area (Å²) in [6.45, 7) is -2.85. The normalized spacial score (nSPS) is 24.4. The number of carbonyl (C=O) groups is 2. The molecule has 0 radical (unpaired) electrons. The summed E-state index contributed by atoms with van der Waals surface area (Å²) in [6.07, 6.45) is -17.5. The number of hydrogen-bond donors (Lipinski definition) is 0. The van der Waals surface area contributed by atoms with E-state index in [4.69, 9.17) is 0 Å². The van der Waals surface area contributed by atoms with Gasteiger partial charge in [-0.2, -0.15) is 17.6 Å². The van der Waals surface area contributed by atoms with E-state index in [2.05, 4.69) is 14.2 Å². The van der Waals surface area contributed by atoms with Crippen LogP contribution in [0.3, 0.4) is 0 Å². The Hall–Kier alpha value is -1.50. The van der Waals surface area contributed by atoms with Crippen LogP contribution in [0.5, 0.6) is 0 Å². The Balaban J connectivity index is 2.79. The lowest BCUT2D eigenvalue weighted by Crippen LogP contribution is -2.51. The van der Waals surface area contributed by atoms with E-state index in [0.29, 0.717) is 0 Å². The first kappa shape index (κ1) is 17.6. The summed E-state index contributed by atoms with van der Waals surface area (Å²) in [5.74, 6) is -9.52. The molecule has 1 heterocycles. The van der Waals surface area contributed by atoms with Gasteiger partial charge in [0.1, 0.15) is 6.61 Å². The molecule has 2 atom stereocenters. The highest BCUT2D eigenvalue weighted by molar-refractivity contribution is 5.99. The summed E-state index contributed by atoms with van der Waals surface area (Å²) in [4.78, 5) is 21.2. The van der Waals surface area contributed by atoms with Gasteiger partial charge in [-0.3, -0.25) is 9.47 Å². The molecule has 1 fully saturated rings. The monoisotopic (exact) mass is 332 g/mol. The molecule has 1 aliphatic rings. The van der Waals surface area contributed by atoms with E-state index in [0.717, 1.165) is 0 Å². The highest BCUT2D eigenvalue weighted by Crippen LogP contribution is 2.39. The van der Waals surface area contributed by atoms with Crippen molar-refractivity contribution in [3.05, 3.63) is 0 Å². The van der Waals surface area contributed by atoms with Gasteiger partial charge in [-0.15, -0.1) is 13.2 Å². The molecule has 1 saturated heterocycles. The van der Waals surface area contributed by atoms with Crippen LogP contribution >= 0.6 is 0 Å². The third kappa shape index (κ3) is 4.00. The third-order valence-electron chi connectivity index (χ3n) is 2.04. The van der Waals surface area contributed by atoms with Crippen LogP contribution in [0.25, 0.3) is 0 Å². The molecule has 0 aromatic rings. The zero-order chi connectivity index (χ0) is 16.6. The van der Waals surface area contributed by atoms with Crippen LogP contribution in [0.1, 0.15) is 0 Å². The highest BCUT2D eigenvalue weighted by atomic mass is 19.4. The molecule has 0 amide bonds. The second-order valence-electron chi connectivity index (χ2n) is 3.64. The maximum absolute atomic E-state index is 13.0. The van der Waals surface area contributed by atoms with Crippen molar-refractivity contribution in [1.29, 1.82) is 0 Å². The maximum Gasteiger partial charge on any atom is 0.522 e. The lowest BCUT2D eigenvalue weighted by atomic mass is 10.2. The minimum Gasteiger partial charge on any atom is -0.389 e. The molecule has 21 heavy (non-hydrogen) atoms. The van der Waals surface area contributed by atoms with Gasteiger partial charge >= 0.3 is 30.3 Å². The number of rotatable bonds is 5. The molecule has 0 saturated carbocycles. The summed E-state index contributed by atoms with van der Waals surface area (Å²) >= 11 is 0. The number of halogens is 8. The van der Waals surface area contributed by atoms with Gasteiger partial charge in [-0.05, 0) is 0 Å². The Bertz CT molecular complexity index is 433. The smallest absolute Gasteiger partial charge is 0.389 e. The number of ether oxygens (including phenoxy) is 3. The minimum absolute atomic E-state index is 1.95. The van der Waals surface area contributed by atoms with Crippen LogP contribution in [-0.4, -0.2) is 49.2 Å². The minimum atomic E-state index is -5.73. The predicted molar refractivity (Wildman–Crippen MR) is 42.8 cm³/mol. The second kappa shape index (κ2) is 5.36. The molecule has 1 rings (SSSR count). The Morgan fingerprint density at radius 2 is 1.52 bits per heavy atom. The van der Waals surface area contributed by atoms with E-state index >= 15 is 0 Å². The van der Waals surface area contributed by atoms with E-state index in [9.17, 15) is 44.7 Å². The highest BCUT2D eigenvalue weighted by Gasteiger charge is 2.63. The van der Waals surface area contributed by atoms with E-state index in [1.54, 1.807) is 0 Å². The molecule has 122 valence electrons. The standard InChI is InChI=1S/C8H4F8O5/c9-2-3(5(18)20-4(2)17)21-7(12,13)6(10,11)1-19-8(14,15)16/h2-3H,1H2. The van der Waals surface area contributed by atoms with Crippen LogP contribution in [-0.2, 0) is 23.8 Å². The van der Waals surface area contributed by atoms with Crippen molar-refractivity contribution >= 4 is 11.9 Å². The molecule has 2 unspecified atom stereocenters. The SMILES string of the molecule is O=C1OC(=O)C(OC(F)(F)C(F)(F)COC(F)(F)F)C1F. The van der Waals surface area contributed by atoms with E-state index in [1.807, 2.05) is 0 Å². The molecule has 0 aliphatic carbocycles. The number of alkyl halides is 8. The largest absolute Gasteiger partial charge is 0.522 e. The molecular formula is C8H4F8O5. The molecule has 0 N–H and O–H groups in total. The lowest BCUT2D eigenvalue weighted by Gasteiger charge is -2.27. The second-order valence-corrected chi connectivity index (χ2v) is 3.64. The molecule has 1 aliphatic heterocycles. The van der Waals surface area contributed by atoms with E-state index in [-0.39, 0.29) is 0 Å². The summed E-state index contributed by atoms with van der Waals surface area (Å²) < 4.78 is 108. The van der Waals surface area contributed by atoms with Gasteiger partial charge in [0.05, 0.1) is 0 Å². The van der Waals surface area contributed by atoms with Crippen molar-refractivity contribution in [2.24, 2.45) is 0 Å². The summed E-state index contributed by atoms with van der Waals surface area (Å²) in [7, 11) is 0. The van der Waals surface area contributed by atoms with Crippen LogP contribution in [0.2, 0.25) is 0 Å². The average Bonchev–Trinajstić information content (AvgIpc) is 2.52. The van der Waals surface area contributed by atoms with Gasteiger partial charge in [0, 0.05) is 0 Å². The lowest BCUT2D eigenvalue weighted by molar-refractivity contribution is -0.399. The molecule has 0 spiro atoms. The molecule has 0 aromatic carbocycles. The van der Waals surface area contributed by atoms with Crippen LogP contribution in [0.15, 0.2) is 0 Å². The first-order valence-electron chi connectivity index (χ1n) is 4.80. The van der Waals surface area contributed by atoms with Gasteiger partial charge in [-0.1, -0.05) is 0 Å². The van der Waals surface area contributed by atoms with E-state index in [1.165, 1.54) is 0 Å². The van der Waals surface area contributed by atoms with Gasteiger partial charge in [0.15, 0.2) is 0 Å². The third-order valence-corrected chi connectivity index (χ3v) is 2.04. The van der Waals surface area contributed by atoms with Crippen molar-refractivity contribution in [2.45, 2.75) is 30.7 Å². The molecule has 13 heteroatoms. The van der Waals surface area contributed by atoms with Crippen molar-refractivity contribution in [2.75, 3.05) is 6.61 Å². The van der Waals surface area contributed by atoms with Crippen LogP contribution in [0.4, 0.5) is 35.1 Å². The number of hydrogen-bond acceptors (Lipinski definition) is 5. The number of esters is 2. The van der Waals surface area contributed by atoms with Gasteiger partial charge in [0.2, 0.25) is 12.3 Å². The van der Waals surface area contributed by atoms with Gasteiger partial charge in [-0.25, -0.2) is 14.0 Å². The summed E-state index contributed by atoms with van der Waals surface area (Å²) in [6, 6.07) is 0. The zero-order valence-corrected chi connectivity index (χ0v) is 9.43. The Labute approximate surface area is 109 Å². The summed E-state index contributed by atoms with van der Waals surface area (Å²) in [5, 5.41) is 0. The van der Waals surface area contributed by atoms with Crippen molar-refractivity contribution in [3.8, 4) is 0 Å². The Morgan fingerprint density at radius 1 is 1.00 bits per heavy atom. The van der Waals surface area contributed by atoms with Gasteiger partial charge < -0.3 is 4.74 Å². The Morgan fingerprint density at radius 3 is 1.90 bits per heavy atom. The fraction of sp³-hybridized carbons (Fsp3) is 0.750. The average molecular weight is 332 g/mol. The summed E-state index contributed by atoms with van der Waals surface area (Å²) in [5.41, 5.74) is 0. The van der Waals surface area contributed by atoms with Crippen molar-refractivity contribution in [1.82, 2.24) is 0 Å². The number of cyclic esters (lactones) is 2. The topological polar surface area (TPSA) is 61.8 Å². The maximum atomic E-state index is 13.0. The fourth-order valence-electron chi connectivity index (χ4n) is 1.07. The van der Waals surface area contributed by atoms with Crippen LogP contribution < -0.4 is 0 Å². The van der Waals surface area contributed by atoms with Gasteiger partial charge in [0.25, 0.3) is 0 Å². The molecule has 5 nitrogen and oxygen atoms in total. The van der Waals surface area contributed by atoms with Crippen molar-refractivity contribution < 1.29 is 58.9 Å². The predicted octanol–water partition coefficient (Wildman–Crippen LogP) is 1.56. The quantitative estimate of drug-likeness (QED) is 0.434. The fourth-order valence-corrected chi connectivity index (χ4v) is 1.07. The van der Waals surface area contributed by atoms with Crippen LogP contribution in [0, 0.1) is 0 Å². The van der Waals surface area contributed by atoms with E-state index < -0.39 is 49.2 Å².